The molecule has 0 aliphatic rings. The van der Waals surface area contributed by atoms with E-state index in [1.165, 1.54) is 0 Å². The molecule has 0 saturated heterocycles. The zero-order valence-electron chi connectivity index (χ0n) is 12.5. The van der Waals surface area contributed by atoms with Gasteiger partial charge in [-0.3, -0.25) is 0 Å². The van der Waals surface area contributed by atoms with Crippen LogP contribution in [0.4, 0.5) is 0 Å². The van der Waals surface area contributed by atoms with Gasteiger partial charge in [0.15, 0.2) is 0 Å². The molecule has 1 aromatic heterocycles. The number of rotatable bonds is 7. The lowest BCUT2D eigenvalue weighted by atomic mass is 10.1. The average molecular weight is 287 g/mol. The Balaban J connectivity index is 1.93. The van der Waals surface area contributed by atoms with Crippen molar-refractivity contribution >= 4 is 5.97 Å². The van der Waals surface area contributed by atoms with Crippen LogP contribution in [0.25, 0.3) is 0 Å². The number of aromatic carboxylic acids is 1. The highest BCUT2D eigenvalue weighted by molar-refractivity contribution is 5.89. The van der Waals surface area contributed by atoms with Crippen molar-refractivity contribution in [1.29, 1.82) is 0 Å². The Bertz CT molecular complexity index is 587. The first-order valence-corrected chi connectivity index (χ1v) is 7.13. The van der Waals surface area contributed by atoms with E-state index >= 15 is 0 Å². The zero-order valence-corrected chi connectivity index (χ0v) is 12.5. The minimum atomic E-state index is -0.873. The fraction of sp³-hybridized carbons (Fsp3) is 0.353. The highest BCUT2D eigenvalue weighted by Gasteiger charge is 2.17. The molecule has 4 heteroatoms. The molecule has 0 aliphatic heterocycles. The molecule has 1 heterocycles. The Morgan fingerprint density at radius 3 is 2.57 bits per heavy atom. The van der Waals surface area contributed by atoms with Gasteiger partial charge in [0.1, 0.15) is 0 Å². The predicted octanol–water partition coefficient (Wildman–Crippen LogP) is 3.53. The van der Waals surface area contributed by atoms with Gasteiger partial charge in [0.25, 0.3) is 0 Å². The smallest absolute Gasteiger partial charge is 0.337 e. The molecule has 112 valence electrons. The Labute approximate surface area is 125 Å². The summed E-state index contributed by atoms with van der Waals surface area (Å²) in [7, 11) is 0. The minimum Gasteiger partial charge on any atom is -0.478 e. The van der Waals surface area contributed by atoms with Gasteiger partial charge in [-0.1, -0.05) is 44.2 Å². The van der Waals surface area contributed by atoms with Crippen LogP contribution in [-0.4, -0.2) is 22.2 Å². The van der Waals surface area contributed by atoms with Crippen molar-refractivity contribution < 1.29 is 14.6 Å². The van der Waals surface area contributed by atoms with Crippen molar-refractivity contribution in [2.24, 2.45) is 0 Å². The summed E-state index contributed by atoms with van der Waals surface area (Å²) >= 11 is 0. The largest absolute Gasteiger partial charge is 0.478 e. The quantitative estimate of drug-likeness (QED) is 0.793. The van der Waals surface area contributed by atoms with Crippen molar-refractivity contribution in [3.05, 3.63) is 59.4 Å². The van der Waals surface area contributed by atoms with Gasteiger partial charge in [-0.15, -0.1) is 0 Å². The van der Waals surface area contributed by atoms with Gasteiger partial charge in [-0.25, -0.2) is 4.79 Å². The molecule has 2 aromatic rings. The van der Waals surface area contributed by atoms with E-state index in [2.05, 4.69) is 0 Å². The normalized spacial score (nSPS) is 11.0. The first kappa shape index (κ1) is 15.3. The molecule has 0 amide bonds. The van der Waals surface area contributed by atoms with Gasteiger partial charge in [0.2, 0.25) is 0 Å². The van der Waals surface area contributed by atoms with Crippen LogP contribution in [0.3, 0.4) is 0 Å². The van der Waals surface area contributed by atoms with Gasteiger partial charge in [-0.2, -0.15) is 0 Å². The van der Waals surface area contributed by atoms with Crippen LogP contribution in [0.5, 0.6) is 0 Å². The summed E-state index contributed by atoms with van der Waals surface area (Å²) in [6.45, 7) is 5.80. The predicted molar refractivity (Wildman–Crippen MR) is 81.6 cm³/mol. The van der Waals surface area contributed by atoms with Crippen molar-refractivity contribution in [1.82, 2.24) is 4.57 Å². The molecule has 0 bridgehead atoms. The molecule has 0 atom stereocenters. The van der Waals surface area contributed by atoms with Crippen LogP contribution in [0.15, 0.2) is 42.6 Å². The number of carbonyl (C=O) groups is 1. The van der Waals surface area contributed by atoms with Crippen LogP contribution in [0, 0.1) is 0 Å². The Kier molecular flexibility index (Phi) is 5.17. The third kappa shape index (κ3) is 3.95. The van der Waals surface area contributed by atoms with Crippen molar-refractivity contribution in [2.45, 2.75) is 32.9 Å². The van der Waals surface area contributed by atoms with E-state index in [0.717, 1.165) is 11.3 Å². The van der Waals surface area contributed by atoms with E-state index in [1.807, 2.05) is 54.9 Å². The molecule has 0 aliphatic carbocycles. The lowest BCUT2D eigenvalue weighted by Gasteiger charge is -2.13. The lowest BCUT2D eigenvalue weighted by Crippen LogP contribution is -2.12. The number of carboxylic acids is 1. The second-order valence-electron chi connectivity index (χ2n) is 5.31. The first-order chi connectivity index (χ1) is 10.1. The Morgan fingerprint density at radius 1 is 1.24 bits per heavy atom. The van der Waals surface area contributed by atoms with Crippen molar-refractivity contribution in [2.75, 3.05) is 6.61 Å². The lowest BCUT2D eigenvalue weighted by molar-refractivity contribution is 0.0694. The van der Waals surface area contributed by atoms with Crippen LogP contribution in [-0.2, 0) is 17.9 Å². The fourth-order valence-electron chi connectivity index (χ4n) is 2.43. The molecule has 1 aromatic carbocycles. The number of ether oxygens (including phenoxy) is 1. The monoisotopic (exact) mass is 287 g/mol. The van der Waals surface area contributed by atoms with E-state index in [0.29, 0.717) is 25.3 Å². The van der Waals surface area contributed by atoms with Crippen molar-refractivity contribution in [3.63, 3.8) is 0 Å². The van der Waals surface area contributed by atoms with E-state index in [9.17, 15) is 9.90 Å². The number of hydrogen-bond donors (Lipinski definition) is 1. The molecule has 21 heavy (non-hydrogen) atoms. The molecular weight excluding hydrogens is 266 g/mol. The summed E-state index contributed by atoms with van der Waals surface area (Å²) in [4.78, 5) is 11.2. The second-order valence-corrected chi connectivity index (χ2v) is 5.31. The number of carboxylic acid groups (broad SMARTS) is 1. The summed E-state index contributed by atoms with van der Waals surface area (Å²) < 4.78 is 7.63. The highest BCUT2D eigenvalue weighted by Crippen LogP contribution is 2.21. The maximum atomic E-state index is 11.2. The second kappa shape index (κ2) is 7.09. The zero-order chi connectivity index (χ0) is 15.2. The third-order valence-electron chi connectivity index (χ3n) is 3.37. The molecule has 0 fully saturated rings. The van der Waals surface area contributed by atoms with E-state index in [-0.39, 0.29) is 5.92 Å². The van der Waals surface area contributed by atoms with Crippen LogP contribution < -0.4 is 0 Å². The summed E-state index contributed by atoms with van der Waals surface area (Å²) in [5.74, 6) is -0.706. The van der Waals surface area contributed by atoms with Gasteiger partial charge in [0, 0.05) is 18.4 Å². The number of aromatic nitrogens is 1. The average Bonchev–Trinajstić information content (AvgIpc) is 2.89. The maximum Gasteiger partial charge on any atom is 0.337 e. The highest BCUT2D eigenvalue weighted by atomic mass is 16.5. The molecule has 0 radical (unpaired) electrons. The number of hydrogen-bond acceptors (Lipinski definition) is 2. The van der Waals surface area contributed by atoms with Crippen LogP contribution >= 0.6 is 0 Å². The standard InChI is InChI=1S/C17H21NO3/c1-13(2)16-15(17(19)20)8-9-18(16)10-11-21-12-14-6-4-3-5-7-14/h3-9,13H,10-12H2,1-2H3,(H,19,20). The SMILES string of the molecule is CC(C)c1c(C(=O)O)ccn1CCOCc1ccccc1. The Morgan fingerprint density at radius 2 is 1.95 bits per heavy atom. The molecule has 0 spiro atoms. The molecule has 0 saturated carbocycles. The molecule has 4 nitrogen and oxygen atoms in total. The summed E-state index contributed by atoms with van der Waals surface area (Å²) in [5.41, 5.74) is 2.37. The van der Waals surface area contributed by atoms with Gasteiger partial charge in [0.05, 0.1) is 18.8 Å². The summed E-state index contributed by atoms with van der Waals surface area (Å²) in [5, 5.41) is 9.20. The summed E-state index contributed by atoms with van der Waals surface area (Å²) in [6.07, 6.45) is 1.82. The first-order valence-electron chi connectivity index (χ1n) is 7.13. The minimum absolute atomic E-state index is 0.167. The molecular formula is C17H21NO3. The Hall–Kier alpha value is -2.07. The van der Waals surface area contributed by atoms with Gasteiger partial charge >= 0.3 is 5.97 Å². The van der Waals surface area contributed by atoms with Crippen LogP contribution in [0.1, 0.15) is 41.4 Å². The van der Waals surface area contributed by atoms with Gasteiger partial charge in [-0.05, 0) is 17.5 Å². The van der Waals surface area contributed by atoms with E-state index < -0.39 is 5.97 Å². The topological polar surface area (TPSA) is 51.5 Å². The van der Waals surface area contributed by atoms with Crippen molar-refractivity contribution in [3.8, 4) is 0 Å². The third-order valence-corrected chi connectivity index (χ3v) is 3.37. The van der Waals surface area contributed by atoms with Crippen LogP contribution in [0.2, 0.25) is 0 Å². The van der Waals surface area contributed by atoms with E-state index in [1.54, 1.807) is 6.07 Å². The summed E-state index contributed by atoms with van der Waals surface area (Å²) in [6, 6.07) is 11.7. The fourth-order valence-corrected chi connectivity index (χ4v) is 2.43. The maximum absolute atomic E-state index is 11.2. The van der Waals surface area contributed by atoms with Gasteiger partial charge < -0.3 is 14.4 Å². The molecule has 1 N–H and O–H groups in total. The number of benzene rings is 1. The van der Waals surface area contributed by atoms with E-state index in [4.69, 9.17) is 4.74 Å². The molecule has 2 rings (SSSR count). The number of nitrogens with zero attached hydrogens (tertiary/aromatic N) is 1. The molecule has 0 unspecified atom stereocenters.